The van der Waals surface area contributed by atoms with Crippen LogP contribution >= 0.6 is 0 Å². The molecule has 0 saturated carbocycles. The molecule has 0 unspecified atom stereocenters. The maximum Gasteiger partial charge on any atom is 0.153 e. The predicted octanol–water partition coefficient (Wildman–Crippen LogP) is 5.09. The molecule has 3 aromatic carbocycles. The first-order chi connectivity index (χ1) is 9.83. The molecule has 0 saturated heterocycles. The zero-order valence-corrected chi connectivity index (χ0v) is 11.1. The number of aliphatic imine (C=N–C) groups is 1. The molecule has 1 aliphatic rings. The van der Waals surface area contributed by atoms with Crippen LogP contribution in [0.25, 0.3) is 10.8 Å². The van der Waals surface area contributed by atoms with Gasteiger partial charge in [-0.15, -0.1) is 0 Å². The monoisotopic (exact) mass is 259 g/mol. The van der Waals surface area contributed by atoms with Gasteiger partial charge in [0.2, 0.25) is 0 Å². The summed E-state index contributed by atoms with van der Waals surface area (Å²) in [6, 6.07) is 20.4. The molecular weight excluding hydrogens is 246 g/mol. The van der Waals surface area contributed by atoms with Crippen molar-refractivity contribution < 1.29 is 4.74 Å². The molecule has 0 radical (unpaired) electrons. The number of benzene rings is 3. The molecule has 1 heterocycles. The second kappa shape index (κ2) is 4.20. The van der Waals surface area contributed by atoms with Crippen LogP contribution < -0.4 is 4.74 Å². The number of hydrogen-bond acceptors (Lipinski definition) is 2. The van der Waals surface area contributed by atoms with E-state index in [1.165, 1.54) is 5.39 Å². The minimum absolute atomic E-state index is 0.807. The highest BCUT2D eigenvalue weighted by Crippen LogP contribution is 2.40. The molecule has 0 N–H and O–H groups in total. The fraction of sp³-hybridized carbons (Fsp3) is 0.0556. The van der Waals surface area contributed by atoms with Gasteiger partial charge in [-0.3, -0.25) is 0 Å². The number of nitrogens with zero attached hydrogens (tertiary/aromatic N) is 1. The molecule has 0 atom stereocenters. The first kappa shape index (κ1) is 11.2. The first-order valence-corrected chi connectivity index (χ1v) is 6.67. The third-order valence-electron chi connectivity index (χ3n) is 3.63. The summed E-state index contributed by atoms with van der Waals surface area (Å²) in [6.07, 6.45) is 0. The van der Waals surface area contributed by atoms with Gasteiger partial charge in [0.05, 0.1) is 0 Å². The SMILES string of the molecule is CC1=Nc2ccccc2Oc2c1ccc1ccccc21. The molecule has 2 nitrogen and oxygen atoms in total. The van der Waals surface area contributed by atoms with Crippen molar-refractivity contribution in [2.24, 2.45) is 4.99 Å². The van der Waals surface area contributed by atoms with Gasteiger partial charge in [0, 0.05) is 16.7 Å². The maximum absolute atomic E-state index is 6.17. The molecule has 0 spiro atoms. The summed E-state index contributed by atoms with van der Waals surface area (Å²) in [7, 11) is 0. The van der Waals surface area contributed by atoms with Gasteiger partial charge in [-0.1, -0.05) is 42.5 Å². The van der Waals surface area contributed by atoms with Crippen molar-refractivity contribution in [1.82, 2.24) is 0 Å². The van der Waals surface area contributed by atoms with Crippen LogP contribution in [0.2, 0.25) is 0 Å². The zero-order chi connectivity index (χ0) is 13.5. The van der Waals surface area contributed by atoms with Crippen molar-refractivity contribution in [3.05, 3.63) is 66.2 Å². The van der Waals surface area contributed by atoms with Crippen LogP contribution in [-0.4, -0.2) is 5.71 Å². The lowest BCUT2D eigenvalue weighted by Gasteiger charge is -2.11. The van der Waals surface area contributed by atoms with Crippen molar-refractivity contribution >= 4 is 22.2 Å². The third-order valence-corrected chi connectivity index (χ3v) is 3.63. The van der Waals surface area contributed by atoms with Gasteiger partial charge in [0.1, 0.15) is 11.4 Å². The molecule has 4 rings (SSSR count). The Bertz CT molecular complexity index is 849. The molecule has 0 amide bonds. The quantitative estimate of drug-likeness (QED) is 0.551. The van der Waals surface area contributed by atoms with E-state index in [0.717, 1.165) is 33.8 Å². The average Bonchev–Trinajstić information content (AvgIpc) is 2.63. The average molecular weight is 259 g/mol. The van der Waals surface area contributed by atoms with Gasteiger partial charge in [0.25, 0.3) is 0 Å². The number of para-hydroxylation sites is 2. The van der Waals surface area contributed by atoms with E-state index in [0.29, 0.717) is 0 Å². The van der Waals surface area contributed by atoms with Gasteiger partial charge in [0.15, 0.2) is 5.75 Å². The molecular formula is C18H13NO. The van der Waals surface area contributed by atoms with E-state index >= 15 is 0 Å². The molecule has 1 aliphatic heterocycles. The number of rotatable bonds is 0. The summed E-state index contributed by atoms with van der Waals surface area (Å²) in [5, 5.41) is 2.30. The van der Waals surface area contributed by atoms with Gasteiger partial charge in [-0.25, -0.2) is 4.99 Å². The summed E-state index contributed by atoms with van der Waals surface area (Å²) in [6.45, 7) is 2.03. The highest BCUT2D eigenvalue weighted by molar-refractivity contribution is 6.08. The Balaban J connectivity index is 2.07. The van der Waals surface area contributed by atoms with Gasteiger partial charge in [-0.2, -0.15) is 0 Å². The Morgan fingerprint density at radius 3 is 2.60 bits per heavy atom. The predicted molar refractivity (Wildman–Crippen MR) is 82.3 cm³/mol. The van der Waals surface area contributed by atoms with E-state index in [2.05, 4.69) is 29.3 Å². The maximum atomic E-state index is 6.17. The van der Waals surface area contributed by atoms with Gasteiger partial charge < -0.3 is 4.74 Å². The summed E-state index contributed by atoms with van der Waals surface area (Å²) in [5.74, 6) is 1.70. The number of fused-ring (bicyclic) bond motifs is 4. The summed E-state index contributed by atoms with van der Waals surface area (Å²) >= 11 is 0. The van der Waals surface area contributed by atoms with Crippen LogP contribution in [0.3, 0.4) is 0 Å². The Morgan fingerprint density at radius 2 is 1.65 bits per heavy atom. The largest absolute Gasteiger partial charge is 0.454 e. The summed E-state index contributed by atoms with van der Waals surface area (Å²) < 4.78 is 6.17. The molecule has 20 heavy (non-hydrogen) atoms. The number of hydrogen-bond donors (Lipinski definition) is 0. The Labute approximate surface area is 117 Å². The second-order valence-electron chi connectivity index (χ2n) is 4.93. The summed E-state index contributed by atoms with van der Waals surface area (Å²) in [4.78, 5) is 4.68. The molecule has 0 aliphatic carbocycles. The van der Waals surface area contributed by atoms with Gasteiger partial charge in [-0.05, 0) is 30.5 Å². The van der Waals surface area contributed by atoms with Crippen molar-refractivity contribution in [1.29, 1.82) is 0 Å². The standard InChI is InChI=1S/C18H13NO/c1-12-14-11-10-13-6-2-3-7-15(13)18(14)20-17-9-5-4-8-16(17)19-12/h2-11H,1H3. The van der Waals surface area contributed by atoms with Crippen LogP contribution in [0.15, 0.2) is 65.7 Å². The van der Waals surface area contributed by atoms with Crippen LogP contribution in [0.4, 0.5) is 5.69 Å². The molecule has 2 heteroatoms. The number of ether oxygens (including phenoxy) is 1. The highest BCUT2D eigenvalue weighted by Gasteiger charge is 2.17. The van der Waals surface area contributed by atoms with Crippen molar-refractivity contribution in [2.75, 3.05) is 0 Å². The summed E-state index contributed by atoms with van der Waals surface area (Å²) in [5.41, 5.74) is 2.92. The van der Waals surface area contributed by atoms with Crippen molar-refractivity contribution in [3.63, 3.8) is 0 Å². The topological polar surface area (TPSA) is 21.6 Å². The van der Waals surface area contributed by atoms with E-state index in [1.54, 1.807) is 0 Å². The Hall–Kier alpha value is -2.61. The fourth-order valence-corrected chi connectivity index (χ4v) is 2.62. The zero-order valence-electron chi connectivity index (χ0n) is 11.1. The van der Waals surface area contributed by atoms with Crippen molar-refractivity contribution in [3.8, 4) is 11.5 Å². The van der Waals surface area contributed by atoms with Gasteiger partial charge >= 0.3 is 0 Å². The molecule has 3 aromatic rings. The van der Waals surface area contributed by atoms with E-state index in [9.17, 15) is 0 Å². The van der Waals surface area contributed by atoms with Crippen LogP contribution in [0.5, 0.6) is 11.5 Å². The van der Waals surface area contributed by atoms with Crippen LogP contribution in [-0.2, 0) is 0 Å². The first-order valence-electron chi connectivity index (χ1n) is 6.67. The fourth-order valence-electron chi connectivity index (χ4n) is 2.62. The lowest BCUT2D eigenvalue weighted by Crippen LogP contribution is -1.96. The van der Waals surface area contributed by atoms with E-state index in [-0.39, 0.29) is 0 Å². The third kappa shape index (κ3) is 1.62. The molecule has 0 bridgehead atoms. The lowest BCUT2D eigenvalue weighted by atomic mass is 10.0. The lowest BCUT2D eigenvalue weighted by molar-refractivity contribution is 0.490. The van der Waals surface area contributed by atoms with Crippen LogP contribution in [0.1, 0.15) is 12.5 Å². The second-order valence-corrected chi connectivity index (χ2v) is 4.93. The normalized spacial score (nSPS) is 12.9. The Morgan fingerprint density at radius 1 is 0.850 bits per heavy atom. The Kier molecular flexibility index (Phi) is 2.36. The van der Waals surface area contributed by atoms with E-state index in [4.69, 9.17) is 4.74 Å². The molecule has 0 fully saturated rings. The van der Waals surface area contributed by atoms with E-state index in [1.807, 2.05) is 43.3 Å². The smallest absolute Gasteiger partial charge is 0.153 e. The minimum atomic E-state index is 0.807. The van der Waals surface area contributed by atoms with E-state index < -0.39 is 0 Å². The minimum Gasteiger partial charge on any atom is -0.454 e. The molecule has 0 aromatic heterocycles. The van der Waals surface area contributed by atoms with Crippen LogP contribution in [0, 0.1) is 0 Å². The highest BCUT2D eigenvalue weighted by atomic mass is 16.5. The molecule has 96 valence electrons. The van der Waals surface area contributed by atoms with Crippen molar-refractivity contribution in [2.45, 2.75) is 6.92 Å².